The molecule has 17 heavy (non-hydrogen) atoms. The van der Waals surface area contributed by atoms with Gasteiger partial charge in [0, 0.05) is 0 Å². The van der Waals surface area contributed by atoms with E-state index in [9.17, 15) is 9.90 Å². The zero-order chi connectivity index (χ0) is 13.1. The monoisotopic (exact) mass is 241 g/mol. The number of hydrogen-bond donors (Lipinski definition) is 1. The number of aliphatic carboxylic acids is 1. The molecule has 1 N–H and O–H groups in total. The van der Waals surface area contributed by atoms with Crippen molar-refractivity contribution in [3.63, 3.8) is 0 Å². The minimum atomic E-state index is -0.629. The van der Waals surface area contributed by atoms with Gasteiger partial charge >= 0.3 is 5.97 Å². The zero-order valence-corrected chi connectivity index (χ0v) is 11.7. The molecule has 0 spiro atoms. The van der Waals surface area contributed by atoms with E-state index in [1.807, 2.05) is 7.05 Å². The molecule has 2 atom stereocenters. The van der Waals surface area contributed by atoms with Crippen molar-refractivity contribution >= 4 is 5.97 Å². The SMILES string of the molecule is CC(C)CCN(C)C1(C(=O)O)CCCC(C)C1. The van der Waals surface area contributed by atoms with Crippen LogP contribution in [0.15, 0.2) is 0 Å². The van der Waals surface area contributed by atoms with Crippen LogP contribution in [0.25, 0.3) is 0 Å². The van der Waals surface area contributed by atoms with Crippen LogP contribution in [0, 0.1) is 11.8 Å². The van der Waals surface area contributed by atoms with Crippen molar-refractivity contribution < 1.29 is 9.90 Å². The second-order valence-corrected chi connectivity index (χ2v) is 6.14. The number of carboxylic acid groups (broad SMARTS) is 1. The molecule has 0 aliphatic heterocycles. The Morgan fingerprint density at radius 1 is 1.53 bits per heavy atom. The Labute approximate surface area is 105 Å². The van der Waals surface area contributed by atoms with E-state index in [4.69, 9.17) is 0 Å². The fraction of sp³-hybridized carbons (Fsp3) is 0.929. The molecule has 3 nitrogen and oxygen atoms in total. The van der Waals surface area contributed by atoms with E-state index in [0.29, 0.717) is 11.8 Å². The van der Waals surface area contributed by atoms with Gasteiger partial charge in [0.2, 0.25) is 0 Å². The molecule has 1 aliphatic rings. The van der Waals surface area contributed by atoms with Gasteiger partial charge in [0.05, 0.1) is 0 Å². The van der Waals surface area contributed by atoms with Crippen molar-refractivity contribution in [1.29, 1.82) is 0 Å². The van der Waals surface area contributed by atoms with Crippen molar-refractivity contribution in [2.45, 2.75) is 58.4 Å². The normalized spacial score (nSPS) is 29.9. The van der Waals surface area contributed by atoms with Crippen molar-refractivity contribution in [1.82, 2.24) is 4.90 Å². The Balaban J connectivity index is 2.73. The van der Waals surface area contributed by atoms with Crippen LogP contribution in [-0.4, -0.2) is 35.1 Å². The lowest BCUT2D eigenvalue weighted by molar-refractivity contribution is -0.154. The van der Waals surface area contributed by atoms with Crippen LogP contribution in [0.1, 0.15) is 52.9 Å². The minimum Gasteiger partial charge on any atom is -0.480 e. The standard InChI is InChI=1S/C14H27NO2/c1-11(2)7-9-15(4)14(13(16)17)8-5-6-12(3)10-14/h11-12H,5-10H2,1-4H3,(H,16,17). The summed E-state index contributed by atoms with van der Waals surface area (Å²) in [7, 11) is 1.98. The molecule has 2 unspecified atom stereocenters. The third-order valence-corrected chi connectivity index (χ3v) is 4.14. The van der Waals surface area contributed by atoms with Crippen LogP contribution < -0.4 is 0 Å². The van der Waals surface area contributed by atoms with Gasteiger partial charge < -0.3 is 5.11 Å². The maximum absolute atomic E-state index is 11.7. The van der Waals surface area contributed by atoms with Crippen molar-refractivity contribution in [3.05, 3.63) is 0 Å². The summed E-state index contributed by atoms with van der Waals surface area (Å²) in [4.78, 5) is 13.8. The summed E-state index contributed by atoms with van der Waals surface area (Å²) in [5, 5.41) is 9.60. The van der Waals surface area contributed by atoms with Crippen LogP contribution in [-0.2, 0) is 4.79 Å². The van der Waals surface area contributed by atoms with E-state index in [1.54, 1.807) is 0 Å². The first-order valence-electron chi connectivity index (χ1n) is 6.83. The highest BCUT2D eigenvalue weighted by molar-refractivity contribution is 5.79. The first kappa shape index (κ1) is 14.5. The van der Waals surface area contributed by atoms with Crippen LogP contribution >= 0.6 is 0 Å². The van der Waals surface area contributed by atoms with Gasteiger partial charge in [-0.15, -0.1) is 0 Å². The third kappa shape index (κ3) is 3.44. The minimum absolute atomic E-state index is 0.529. The molecular formula is C14H27NO2. The zero-order valence-electron chi connectivity index (χ0n) is 11.7. The maximum atomic E-state index is 11.7. The number of carboxylic acids is 1. The van der Waals surface area contributed by atoms with Gasteiger partial charge in [-0.2, -0.15) is 0 Å². The van der Waals surface area contributed by atoms with E-state index in [2.05, 4.69) is 25.7 Å². The molecule has 0 aromatic carbocycles. The van der Waals surface area contributed by atoms with Gasteiger partial charge in [0.1, 0.15) is 5.54 Å². The Kier molecular flexibility index (Phi) is 4.99. The highest BCUT2D eigenvalue weighted by Gasteiger charge is 2.44. The lowest BCUT2D eigenvalue weighted by Gasteiger charge is -2.43. The average molecular weight is 241 g/mol. The second-order valence-electron chi connectivity index (χ2n) is 6.14. The fourth-order valence-electron chi connectivity index (χ4n) is 2.89. The Bertz CT molecular complexity index is 265. The fourth-order valence-corrected chi connectivity index (χ4v) is 2.89. The van der Waals surface area contributed by atoms with E-state index in [0.717, 1.165) is 32.2 Å². The average Bonchev–Trinajstić information content (AvgIpc) is 2.25. The lowest BCUT2D eigenvalue weighted by Crippen LogP contribution is -2.55. The molecule has 0 radical (unpaired) electrons. The molecular weight excluding hydrogens is 214 g/mol. The molecule has 0 aromatic rings. The van der Waals surface area contributed by atoms with Gasteiger partial charge in [0.25, 0.3) is 0 Å². The predicted octanol–water partition coefficient (Wildman–Crippen LogP) is 3.00. The van der Waals surface area contributed by atoms with Gasteiger partial charge in [0.15, 0.2) is 0 Å². The topological polar surface area (TPSA) is 40.5 Å². The van der Waals surface area contributed by atoms with Gasteiger partial charge in [-0.3, -0.25) is 9.69 Å². The maximum Gasteiger partial charge on any atom is 0.324 e. The first-order chi connectivity index (χ1) is 7.88. The molecule has 3 heteroatoms. The van der Waals surface area contributed by atoms with Crippen molar-refractivity contribution in [3.8, 4) is 0 Å². The van der Waals surface area contributed by atoms with Crippen LogP contribution in [0.2, 0.25) is 0 Å². The van der Waals surface area contributed by atoms with E-state index in [1.165, 1.54) is 6.42 Å². The molecule has 0 aromatic heterocycles. The molecule has 1 saturated carbocycles. The molecule has 0 saturated heterocycles. The van der Waals surface area contributed by atoms with Gasteiger partial charge in [-0.25, -0.2) is 0 Å². The summed E-state index contributed by atoms with van der Waals surface area (Å²) in [5.74, 6) is 0.529. The lowest BCUT2D eigenvalue weighted by atomic mass is 9.75. The number of nitrogens with zero attached hydrogens (tertiary/aromatic N) is 1. The molecule has 0 amide bonds. The van der Waals surface area contributed by atoms with Crippen molar-refractivity contribution in [2.75, 3.05) is 13.6 Å². The van der Waals surface area contributed by atoms with Crippen molar-refractivity contribution in [2.24, 2.45) is 11.8 Å². The summed E-state index contributed by atoms with van der Waals surface area (Å²) in [6.45, 7) is 7.43. The summed E-state index contributed by atoms with van der Waals surface area (Å²) in [5.41, 5.74) is -0.605. The summed E-state index contributed by atoms with van der Waals surface area (Å²) in [6.07, 6.45) is 4.89. The summed E-state index contributed by atoms with van der Waals surface area (Å²) < 4.78 is 0. The van der Waals surface area contributed by atoms with Crippen LogP contribution in [0.4, 0.5) is 0 Å². The van der Waals surface area contributed by atoms with Crippen LogP contribution in [0.3, 0.4) is 0 Å². The van der Waals surface area contributed by atoms with E-state index < -0.39 is 11.5 Å². The predicted molar refractivity (Wildman–Crippen MR) is 70.1 cm³/mol. The molecule has 100 valence electrons. The first-order valence-corrected chi connectivity index (χ1v) is 6.83. The number of rotatable bonds is 5. The largest absolute Gasteiger partial charge is 0.480 e. The number of carbonyl (C=O) groups is 1. The summed E-state index contributed by atoms with van der Waals surface area (Å²) >= 11 is 0. The molecule has 0 bridgehead atoms. The Hall–Kier alpha value is -0.570. The van der Waals surface area contributed by atoms with E-state index >= 15 is 0 Å². The number of likely N-dealkylation sites (N-methyl/N-ethyl adjacent to an activating group) is 1. The molecule has 1 aliphatic carbocycles. The van der Waals surface area contributed by atoms with Gasteiger partial charge in [-0.1, -0.05) is 33.6 Å². The Morgan fingerprint density at radius 2 is 2.18 bits per heavy atom. The third-order valence-electron chi connectivity index (χ3n) is 4.14. The highest BCUT2D eigenvalue weighted by Crippen LogP contribution is 2.36. The highest BCUT2D eigenvalue weighted by atomic mass is 16.4. The smallest absolute Gasteiger partial charge is 0.324 e. The molecule has 1 fully saturated rings. The second kappa shape index (κ2) is 5.85. The number of hydrogen-bond acceptors (Lipinski definition) is 2. The summed E-state index contributed by atoms with van der Waals surface area (Å²) in [6, 6.07) is 0. The van der Waals surface area contributed by atoms with Gasteiger partial charge in [-0.05, 0) is 44.7 Å². The Morgan fingerprint density at radius 3 is 2.65 bits per heavy atom. The molecule has 1 rings (SSSR count). The molecule has 0 heterocycles. The van der Waals surface area contributed by atoms with E-state index in [-0.39, 0.29) is 0 Å². The van der Waals surface area contributed by atoms with Crippen LogP contribution in [0.5, 0.6) is 0 Å². The quantitative estimate of drug-likeness (QED) is 0.804.